The van der Waals surface area contributed by atoms with E-state index in [0.29, 0.717) is 6.54 Å². The molecular formula is C14H17N3O. The fourth-order valence-corrected chi connectivity index (χ4v) is 1.78. The lowest BCUT2D eigenvalue weighted by Crippen LogP contribution is -2.34. The Balaban J connectivity index is 1.95. The number of rotatable bonds is 4. The molecule has 94 valence electrons. The monoisotopic (exact) mass is 243 g/mol. The quantitative estimate of drug-likeness (QED) is 0.851. The van der Waals surface area contributed by atoms with E-state index in [1.54, 1.807) is 0 Å². The first kappa shape index (κ1) is 12.4. The van der Waals surface area contributed by atoms with Gasteiger partial charge in [-0.25, -0.2) is 0 Å². The van der Waals surface area contributed by atoms with Gasteiger partial charge >= 0.3 is 0 Å². The molecule has 0 radical (unpaired) electrons. The molecule has 3 N–H and O–H groups in total. The molecule has 2 aromatic rings. The number of amides is 1. The van der Waals surface area contributed by atoms with Crippen LogP contribution >= 0.6 is 0 Å². The zero-order valence-corrected chi connectivity index (χ0v) is 10.3. The number of nitrogens with two attached hydrogens (primary N) is 1. The molecule has 0 spiro atoms. The van der Waals surface area contributed by atoms with Crippen LogP contribution in [0.2, 0.25) is 0 Å². The second-order valence-electron chi connectivity index (χ2n) is 4.22. The first-order valence-electron chi connectivity index (χ1n) is 5.87. The highest BCUT2D eigenvalue weighted by Gasteiger charge is 2.14. The Hall–Kier alpha value is -2.07. The number of carbonyl (C=O) groups excluding carboxylic acids is 1. The van der Waals surface area contributed by atoms with Crippen molar-refractivity contribution in [3.05, 3.63) is 59.9 Å². The molecule has 1 aromatic carbocycles. The fraction of sp³-hybridized carbons (Fsp3) is 0.214. The van der Waals surface area contributed by atoms with Crippen molar-refractivity contribution in [3.63, 3.8) is 0 Å². The standard InChI is InChI=1S/C14H17N3O/c1-17-9-5-8-12(17)10-16-14(18)13(15)11-6-3-2-4-7-11/h2-9,13H,10,15H2,1H3,(H,16,18)/t13-/m1/s1. The van der Waals surface area contributed by atoms with Gasteiger partial charge in [-0.15, -0.1) is 0 Å². The van der Waals surface area contributed by atoms with Gasteiger partial charge in [-0.05, 0) is 17.7 Å². The van der Waals surface area contributed by atoms with E-state index in [1.165, 1.54) is 0 Å². The number of nitrogens with one attached hydrogen (secondary N) is 1. The van der Waals surface area contributed by atoms with E-state index in [0.717, 1.165) is 11.3 Å². The van der Waals surface area contributed by atoms with Crippen LogP contribution in [0.3, 0.4) is 0 Å². The van der Waals surface area contributed by atoms with Crippen molar-refractivity contribution < 1.29 is 4.79 Å². The lowest BCUT2D eigenvalue weighted by atomic mass is 10.1. The number of carbonyl (C=O) groups is 1. The maximum Gasteiger partial charge on any atom is 0.241 e. The number of aromatic nitrogens is 1. The molecule has 2 rings (SSSR count). The number of benzene rings is 1. The highest BCUT2D eigenvalue weighted by atomic mass is 16.2. The molecule has 1 aromatic heterocycles. The van der Waals surface area contributed by atoms with Crippen molar-refractivity contribution in [2.24, 2.45) is 12.8 Å². The van der Waals surface area contributed by atoms with Crippen LogP contribution in [0, 0.1) is 0 Å². The summed E-state index contributed by atoms with van der Waals surface area (Å²) in [5, 5.41) is 2.84. The van der Waals surface area contributed by atoms with Crippen molar-refractivity contribution in [2.45, 2.75) is 12.6 Å². The maximum absolute atomic E-state index is 11.9. The van der Waals surface area contributed by atoms with Crippen LogP contribution in [-0.2, 0) is 18.4 Å². The van der Waals surface area contributed by atoms with Crippen LogP contribution in [0.15, 0.2) is 48.7 Å². The first-order chi connectivity index (χ1) is 8.68. The van der Waals surface area contributed by atoms with Gasteiger partial charge in [0.05, 0.1) is 6.54 Å². The van der Waals surface area contributed by atoms with Crippen LogP contribution < -0.4 is 11.1 Å². The zero-order chi connectivity index (χ0) is 13.0. The Kier molecular flexibility index (Phi) is 3.79. The molecule has 1 heterocycles. The largest absolute Gasteiger partial charge is 0.353 e. The van der Waals surface area contributed by atoms with Crippen LogP contribution in [0.5, 0.6) is 0 Å². The Bertz CT molecular complexity index is 519. The number of aryl methyl sites for hydroxylation is 1. The molecule has 0 unspecified atom stereocenters. The summed E-state index contributed by atoms with van der Waals surface area (Å²) >= 11 is 0. The Morgan fingerprint density at radius 3 is 2.61 bits per heavy atom. The molecular weight excluding hydrogens is 226 g/mol. The van der Waals surface area contributed by atoms with E-state index in [9.17, 15) is 4.79 Å². The number of nitrogens with zero attached hydrogens (tertiary/aromatic N) is 1. The molecule has 0 saturated carbocycles. The zero-order valence-electron chi connectivity index (χ0n) is 10.3. The van der Waals surface area contributed by atoms with Gasteiger partial charge in [-0.1, -0.05) is 30.3 Å². The summed E-state index contributed by atoms with van der Waals surface area (Å²) < 4.78 is 1.97. The SMILES string of the molecule is Cn1cccc1CNC(=O)[C@H](N)c1ccccc1. The van der Waals surface area contributed by atoms with Gasteiger partial charge in [0, 0.05) is 18.9 Å². The van der Waals surface area contributed by atoms with Crippen molar-refractivity contribution >= 4 is 5.91 Å². The number of hydrogen-bond donors (Lipinski definition) is 2. The molecule has 0 saturated heterocycles. The molecule has 1 amide bonds. The summed E-state index contributed by atoms with van der Waals surface area (Å²) in [6.45, 7) is 0.489. The van der Waals surface area contributed by atoms with Crippen molar-refractivity contribution in [1.29, 1.82) is 0 Å². The van der Waals surface area contributed by atoms with Gasteiger partial charge in [-0.2, -0.15) is 0 Å². The minimum Gasteiger partial charge on any atom is -0.353 e. The van der Waals surface area contributed by atoms with Gasteiger partial charge in [-0.3, -0.25) is 4.79 Å². The summed E-state index contributed by atoms with van der Waals surface area (Å²) in [6.07, 6.45) is 1.94. The highest BCUT2D eigenvalue weighted by molar-refractivity contribution is 5.82. The summed E-state index contributed by atoms with van der Waals surface area (Å²) in [7, 11) is 1.94. The molecule has 0 fully saturated rings. The van der Waals surface area contributed by atoms with Crippen LogP contribution in [0.4, 0.5) is 0 Å². The fourth-order valence-electron chi connectivity index (χ4n) is 1.78. The van der Waals surface area contributed by atoms with E-state index in [2.05, 4.69) is 5.32 Å². The van der Waals surface area contributed by atoms with Gasteiger partial charge in [0.25, 0.3) is 0 Å². The summed E-state index contributed by atoms with van der Waals surface area (Å²) in [5.41, 5.74) is 7.76. The third kappa shape index (κ3) is 2.78. The van der Waals surface area contributed by atoms with Crippen molar-refractivity contribution in [3.8, 4) is 0 Å². The predicted octanol–water partition coefficient (Wildman–Crippen LogP) is 1.34. The Morgan fingerprint density at radius 1 is 1.28 bits per heavy atom. The van der Waals surface area contributed by atoms with E-state index < -0.39 is 6.04 Å². The van der Waals surface area contributed by atoms with Crippen LogP contribution in [0.25, 0.3) is 0 Å². The van der Waals surface area contributed by atoms with Gasteiger partial charge in [0.2, 0.25) is 5.91 Å². The average Bonchev–Trinajstić information content (AvgIpc) is 2.81. The van der Waals surface area contributed by atoms with Crippen molar-refractivity contribution in [1.82, 2.24) is 9.88 Å². The third-order valence-electron chi connectivity index (χ3n) is 2.94. The van der Waals surface area contributed by atoms with E-state index in [-0.39, 0.29) is 5.91 Å². The molecule has 4 heteroatoms. The molecule has 0 bridgehead atoms. The molecule has 0 aliphatic heterocycles. The van der Waals surface area contributed by atoms with E-state index >= 15 is 0 Å². The minimum absolute atomic E-state index is 0.164. The van der Waals surface area contributed by atoms with Crippen molar-refractivity contribution in [2.75, 3.05) is 0 Å². The molecule has 0 aliphatic carbocycles. The average molecular weight is 243 g/mol. The molecule has 1 atom stereocenters. The highest BCUT2D eigenvalue weighted by Crippen LogP contribution is 2.09. The Morgan fingerprint density at radius 2 is 2.00 bits per heavy atom. The lowest BCUT2D eigenvalue weighted by Gasteiger charge is -2.12. The maximum atomic E-state index is 11.9. The summed E-state index contributed by atoms with van der Waals surface area (Å²) in [5.74, 6) is -0.164. The van der Waals surface area contributed by atoms with E-state index in [4.69, 9.17) is 5.73 Å². The van der Waals surface area contributed by atoms with E-state index in [1.807, 2.05) is 60.3 Å². The first-order valence-corrected chi connectivity index (χ1v) is 5.87. The topological polar surface area (TPSA) is 60.0 Å². The van der Waals surface area contributed by atoms with Gasteiger partial charge in [0.1, 0.15) is 6.04 Å². The molecule has 18 heavy (non-hydrogen) atoms. The van der Waals surface area contributed by atoms with Crippen LogP contribution in [-0.4, -0.2) is 10.5 Å². The molecule has 0 aliphatic rings. The Labute approximate surface area is 106 Å². The number of hydrogen-bond acceptors (Lipinski definition) is 2. The van der Waals surface area contributed by atoms with Gasteiger partial charge < -0.3 is 15.6 Å². The predicted molar refractivity (Wildman–Crippen MR) is 70.6 cm³/mol. The third-order valence-corrected chi connectivity index (χ3v) is 2.94. The van der Waals surface area contributed by atoms with Crippen LogP contribution in [0.1, 0.15) is 17.3 Å². The normalized spacial score (nSPS) is 12.1. The second kappa shape index (κ2) is 5.51. The summed E-state index contributed by atoms with van der Waals surface area (Å²) in [4.78, 5) is 11.9. The summed E-state index contributed by atoms with van der Waals surface area (Å²) in [6, 6.07) is 12.6. The van der Waals surface area contributed by atoms with Gasteiger partial charge in [0.15, 0.2) is 0 Å². The lowest BCUT2D eigenvalue weighted by molar-refractivity contribution is -0.122. The smallest absolute Gasteiger partial charge is 0.241 e. The second-order valence-corrected chi connectivity index (χ2v) is 4.22. The molecule has 4 nitrogen and oxygen atoms in total. The minimum atomic E-state index is -0.619.